The quantitative estimate of drug-likeness (QED) is 0.437. The van der Waals surface area contributed by atoms with Crippen LogP contribution in [0.2, 0.25) is 0 Å². The molecule has 0 aromatic carbocycles. The molecule has 3 aliphatic rings. The number of β-lactam (4-membered cyclic amide) rings is 1. The molecule has 0 bridgehead atoms. The van der Waals surface area contributed by atoms with E-state index in [0.717, 1.165) is 5.69 Å². The molecule has 3 N–H and O–H groups in total. The molecular formula is C19H21N4O4+. The number of pyridine rings is 1. The maximum Gasteiger partial charge on any atom is 0.352 e. The number of carboxylic acids is 1. The number of rotatable bonds is 3. The van der Waals surface area contributed by atoms with Crippen LogP contribution in [0.25, 0.3) is 0 Å². The Morgan fingerprint density at radius 1 is 1.30 bits per heavy atom. The molecule has 3 aliphatic heterocycles. The first-order valence-corrected chi connectivity index (χ1v) is 8.91. The molecule has 1 aromatic rings. The molecule has 27 heavy (non-hydrogen) atoms. The van der Waals surface area contributed by atoms with Crippen LogP contribution in [0.1, 0.15) is 19.3 Å². The summed E-state index contributed by atoms with van der Waals surface area (Å²) in [6.45, 7) is 0.546. The van der Waals surface area contributed by atoms with Crippen LogP contribution in [-0.4, -0.2) is 46.4 Å². The molecule has 0 unspecified atom stereocenters. The van der Waals surface area contributed by atoms with E-state index >= 15 is 0 Å². The highest BCUT2D eigenvalue weighted by molar-refractivity contribution is 6.08. The minimum atomic E-state index is -1.16. The lowest BCUT2D eigenvalue weighted by atomic mass is 9.83. The van der Waals surface area contributed by atoms with Crippen LogP contribution in [-0.2, 0) is 21.4 Å². The van der Waals surface area contributed by atoms with Crippen molar-refractivity contribution in [3.63, 3.8) is 0 Å². The number of carbonyl (C=O) groups is 3. The predicted molar refractivity (Wildman–Crippen MR) is 95.2 cm³/mol. The first kappa shape index (κ1) is 17.4. The number of hydrogen-bond acceptors (Lipinski definition) is 4. The first-order valence-electron chi connectivity index (χ1n) is 8.91. The summed E-state index contributed by atoms with van der Waals surface area (Å²) in [5.74, 6) is -1.66. The fourth-order valence-electron chi connectivity index (χ4n) is 3.99. The number of nitrogens with two attached hydrogens (primary N) is 1. The predicted octanol–water partition coefficient (Wildman–Crippen LogP) is -0.155. The molecule has 140 valence electrons. The molecule has 0 saturated carbocycles. The van der Waals surface area contributed by atoms with E-state index < -0.39 is 12.0 Å². The van der Waals surface area contributed by atoms with Crippen molar-refractivity contribution in [1.82, 2.24) is 4.90 Å². The minimum absolute atomic E-state index is 0.0385. The molecule has 0 aliphatic carbocycles. The van der Waals surface area contributed by atoms with Gasteiger partial charge in [0.2, 0.25) is 5.91 Å². The van der Waals surface area contributed by atoms with E-state index in [-0.39, 0.29) is 23.6 Å². The van der Waals surface area contributed by atoms with Crippen LogP contribution in [0.15, 0.2) is 47.4 Å². The fraction of sp³-hybridized carbons (Fsp3) is 0.368. The summed E-state index contributed by atoms with van der Waals surface area (Å²) >= 11 is 0. The minimum Gasteiger partial charge on any atom is -0.477 e. The lowest BCUT2D eigenvalue weighted by Crippen LogP contribution is -2.69. The van der Waals surface area contributed by atoms with E-state index in [9.17, 15) is 19.5 Å². The molecule has 4 rings (SSSR count). The Kier molecular flexibility index (Phi) is 4.07. The van der Waals surface area contributed by atoms with Gasteiger partial charge in [0, 0.05) is 24.3 Å². The Balaban J connectivity index is 1.64. The molecule has 1 aromatic heterocycles. The van der Waals surface area contributed by atoms with Crippen LogP contribution < -0.4 is 15.2 Å². The van der Waals surface area contributed by atoms with Crippen molar-refractivity contribution in [2.75, 3.05) is 11.4 Å². The zero-order valence-corrected chi connectivity index (χ0v) is 15.0. The second kappa shape index (κ2) is 6.31. The van der Waals surface area contributed by atoms with Gasteiger partial charge in [-0.2, -0.15) is 0 Å². The zero-order valence-electron chi connectivity index (χ0n) is 15.0. The Morgan fingerprint density at radius 3 is 2.67 bits per heavy atom. The largest absolute Gasteiger partial charge is 0.477 e. The van der Waals surface area contributed by atoms with Crippen LogP contribution in [0.4, 0.5) is 5.69 Å². The van der Waals surface area contributed by atoms with Gasteiger partial charge >= 0.3 is 5.97 Å². The van der Waals surface area contributed by atoms with Gasteiger partial charge in [-0.15, -0.1) is 0 Å². The lowest BCUT2D eigenvalue weighted by Gasteiger charge is -2.48. The molecule has 8 nitrogen and oxygen atoms in total. The van der Waals surface area contributed by atoms with E-state index in [2.05, 4.69) is 0 Å². The zero-order chi connectivity index (χ0) is 19.3. The number of aryl methyl sites for hydroxylation is 1. The molecule has 8 heteroatoms. The smallest absolute Gasteiger partial charge is 0.352 e. The van der Waals surface area contributed by atoms with Crippen molar-refractivity contribution in [2.24, 2.45) is 12.8 Å². The number of carboxylic acid groups (broad SMARTS) is 1. The molecule has 4 heterocycles. The standard InChI is InChI=1S/C19H20N4O4/c1-21-7-5-13(6-8-21)22-9-4-12(17(22)24)10-11-2-3-14-15(20)18(25)23(14)16(11)19(26)27/h5-8,10,14-15H,2-4,9,20H2,1H3/p+1/b12-10+/t14-,15+/m1/s1. The van der Waals surface area contributed by atoms with Gasteiger partial charge in [-0.1, -0.05) is 0 Å². The Morgan fingerprint density at radius 2 is 2.00 bits per heavy atom. The SMILES string of the molecule is C[n+]1ccc(N2CC/C(=C\C3=C(C(=O)O)N4C(=O)[C@@H](N)[C@H]4CC3)C2=O)cc1. The topological polar surface area (TPSA) is 108 Å². The second-order valence-electron chi connectivity index (χ2n) is 7.12. The summed E-state index contributed by atoms with van der Waals surface area (Å²) in [6.07, 6.45) is 7.03. The van der Waals surface area contributed by atoms with Gasteiger partial charge in [0.25, 0.3) is 5.91 Å². The summed E-state index contributed by atoms with van der Waals surface area (Å²) < 4.78 is 1.89. The highest BCUT2D eigenvalue weighted by Crippen LogP contribution is 2.37. The van der Waals surface area contributed by atoms with Gasteiger partial charge < -0.3 is 15.7 Å². The van der Waals surface area contributed by atoms with Crippen molar-refractivity contribution >= 4 is 23.5 Å². The highest BCUT2D eigenvalue weighted by atomic mass is 16.4. The highest BCUT2D eigenvalue weighted by Gasteiger charge is 2.50. The van der Waals surface area contributed by atoms with Crippen LogP contribution >= 0.6 is 0 Å². The van der Waals surface area contributed by atoms with Gasteiger partial charge in [0.05, 0.1) is 11.7 Å². The fourth-order valence-corrected chi connectivity index (χ4v) is 3.99. The average molecular weight is 369 g/mol. The molecule has 2 saturated heterocycles. The third kappa shape index (κ3) is 2.73. The third-order valence-electron chi connectivity index (χ3n) is 5.47. The maximum absolute atomic E-state index is 12.8. The number of aromatic nitrogens is 1. The average Bonchev–Trinajstić information content (AvgIpc) is 3.01. The molecule has 2 atom stereocenters. The number of carbonyl (C=O) groups excluding carboxylic acids is 2. The van der Waals surface area contributed by atoms with Crippen molar-refractivity contribution in [3.8, 4) is 0 Å². The van der Waals surface area contributed by atoms with Gasteiger partial charge in [-0.25, -0.2) is 9.36 Å². The summed E-state index contributed by atoms with van der Waals surface area (Å²) in [5, 5.41) is 9.61. The summed E-state index contributed by atoms with van der Waals surface area (Å²) in [4.78, 5) is 39.5. The van der Waals surface area contributed by atoms with Crippen molar-refractivity contribution in [1.29, 1.82) is 0 Å². The van der Waals surface area contributed by atoms with Gasteiger partial charge in [-0.3, -0.25) is 14.5 Å². The monoisotopic (exact) mass is 369 g/mol. The van der Waals surface area contributed by atoms with E-state index in [1.807, 2.05) is 36.1 Å². The molecular weight excluding hydrogens is 348 g/mol. The number of fused-ring (bicyclic) bond motifs is 1. The van der Waals surface area contributed by atoms with E-state index in [0.29, 0.717) is 37.0 Å². The molecule has 2 fully saturated rings. The van der Waals surface area contributed by atoms with E-state index in [1.165, 1.54) is 4.90 Å². The van der Waals surface area contributed by atoms with Crippen molar-refractivity contribution in [2.45, 2.75) is 31.3 Å². The van der Waals surface area contributed by atoms with Gasteiger partial charge in [-0.05, 0) is 30.9 Å². The number of nitrogens with zero attached hydrogens (tertiary/aromatic N) is 3. The van der Waals surface area contributed by atoms with E-state index in [1.54, 1.807) is 11.0 Å². The first-order chi connectivity index (χ1) is 12.9. The Labute approximate surface area is 156 Å². The number of hydrogen-bond donors (Lipinski definition) is 2. The van der Waals surface area contributed by atoms with Crippen molar-refractivity contribution in [3.05, 3.63) is 47.4 Å². The van der Waals surface area contributed by atoms with Crippen LogP contribution in [0.3, 0.4) is 0 Å². The normalized spacial score (nSPS) is 26.5. The summed E-state index contributed by atoms with van der Waals surface area (Å²) in [6, 6.07) is 2.85. The molecule has 2 amide bonds. The molecule has 0 radical (unpaired) electrons. The number of aliphatic carboxylic acids is 1. The van der Waals surface area contributed by atoms with Gasteiger partial charge in [0.15, 0.2) is 12.4 Å². The van der Waals surface area contributed by atoms with Crippen LogP contribution in [0.5, 0.6) is 0 Å². The van der Waals surface area contributed by atoms with E-state index in [4.69, 9.17) is 5.73 Å². The second-order valence-corrected chi connectivity index (χ2v) is 7.12. The lowest BCUT2D eigenvalue weighted by molar-refractivity contribution is -0.671. The van der Waals surface area contributed by atoms with Gasteiger partial charge in [0.1, 0.15) is 18.8 Å². The summed E-state index contributed by atoms with van der Waals surface area (Å²) in [5.41, 5.74) is 7.63. The summed E-state index contributed by atoms with van der Waals surface area (Å²) in [7, 11) is 1.90. The maximum atomic E-state index is 12.8. The number of amides is 2. The third-order valence-corrected chi connectivity index (χ3v) is 5.47. The Hall–Kier alpha value is -3.00. The molecule has 0 spiro atoms. The Bertz CT molecular complexity index is 903. The van der Waals surface area contributed by atoms with Crippen LogP contribution in [0, 0.1) is 0 Å². The number of allylic oxidation sites excluding steroid dienone is 2. The van der Waals surface area contributed by atoms with Crippen molar-refractivity contribution < 1.29 is 24.1 Å². The number of anilines is 1.